The van der Waals surface area contributed by atoms with Gasteiger partial charge in [0.15, 0.2) is 0 Å². The van der Waals surface area contributed by atoms with E-state index < -0.39 is 0 Å². The van der Waals surface area contributed by atoms with Crippen LogP contribution in [0.2, 0.25) is 0 Å². The van der Waals surface area contributed by atoms with Gasteiger partial charge in [-0.25, -0.2) is 4.98 Å². The van der Waals surface area contributed by atoms with Crippen LogP contribution in [0, 0.1) is 6.92 Å². The van der Waals surface area contributed by atoms with Gasteiger partial charge in [-0.3, -0.25) is 0 Å². The van der Waals surface area contributed by atoms with Crippen molar-refractivity contribution in [2.24, 2.45) is 0 Å². The van der Waals surface area contributed by atoms with E-state index in [-0.39, 0.29) is 0 Å². The third-order valence-electron chi connectivity index (χ3n) is 3.03. The average molecular weight is 233 g/mol. The van der Waals surface area contributed by atoms with Crippen molar-refractivity contribution in [3.63, 3.8) is 0 Å². The van der Waals surface area contributed by atoms with Crippen LogP contribution >= 0.6 is 11.3 Å². The zero-order chi connectivity index (χ0) is 11.0. The van der Waals surface area contributed by atoms with Crippen molar-refractivity contribution in [2.45, 2.75) is 26.4 Å². The number of thiazole rings is 1. The molecule has 0 radical (unpaired) electrons. The van der Waals surface area contributed by atoms with Gasteiger partial charge in [-0.2, -0.15) is 0 Å². The van der Waals surface area contributed by atoms with Crippen LogP contribution in [0.25, 0.3) is 0 Å². The number of hydrogen-bond donors (Lipinski definition) is 1. The Hall–Kier alpha value is -1.13. The van der Waals surface area contributed by atoms with Gasteiger partial charge in [-0.15, -0.1) is 11.3 Å². The number of nitrogens with one attached hydrogen (secondary N) is 1. The van der Waals surface area contributed by atoms with Crippen molar-refractivity contribution < 1.29 is 0 Å². The van der Waals surface area contributed by atoms with Gasteiger partial charge in [0.1, 0.15) is 0 Å². The maximum atomic E-state index is 4.52. The summed E-state index contributed by atoms with van der Waals surface area (Å²) in [5.74, 6) is 0. The highest BCUT2D eigenvalue weighted by Gasteiger charge is 2.13. The highest BCUT2D eigenvalue weighted by Crippen LogP contribution is 2.19. The molecule has 0 fully saturated rings. The minimum Gasteiger partial charge on any atom is -0.349 e. The molecule has 3 heterocycles. The summed E-state index contributed by atoms with van der Waals surface area (Å²) < 4.78 is 2.35. The number of aromatic nitrogens is 2. The molecule has 4 heteroatoms. The lowest BCUT2D eigenvalue weighted by atomic mass is 10.1. The maximum absolute atomic E-state index is 4.52. The monoisotopic (exact) mass is 233 g/mol. The van der Waals surface area contributed by atoms with E-state index in [4.69, 9.17) is 0 Å². The number of hydrogen-bond acceptors (Lipinski definition) is 3. The summed E-state index contributed by atoms with van der Waals surface area (Å²) in [6.07, 6.45) is 3.17. The highest BCUT2D eigenvalue weighted by atomic mass is 32.1. The van der Waals surface area contributed by atoms with Crippen molar-refractivity contribution in [2.75, 3.05) is 6.54 Å². The third-order valence-corrected chi connectivity index (χ3v) is 3.86. The van der Waals surface area contributed by atoms with E-state index in [0.717, 1.165) is 31.1 Å². The molecule has 0 atom stereocenters. The minimum absolute atomic E-state index is 0.967. The van der Waals surface area contributed by atoms with Gasteiger partial charge in [0.2, 0.25) is 0 Å². The first-order chi connectivity index (χ1) is 7.83. The molecule has 2 aromatic heterocycles. The molecule has 16 heavy (non-hydrogen) atoms. The molecule has 1 aliphatic heterocycles. The number of aryl methyl sites for hydroxylation is 1. The van der Waals surface area contributed by atoms with Crippen LogP contribution in [0.15, 0.2) is 17.6 Å². The molecule has 1 N–H and O–H groups in total. The Morgan fingerprint density at radius 2 is 2.50 bits per heavy atom. The Morgan fingerprint density at radius 1 is 1.56 bits per heavy atom. The quantitative estimate of drug-likeness (QED) is 0.859. The summed E-state index contributed by atoms with van der Waals surface area (Å²) in [6, 6.07) is 2.23. The molecule has 0 unspecified atom stereocenters. The first kappa shape index (κ1) is 10.1. The molecule has 0 aliphatic carbocycles. The fraction of sp³-hybridized carbons (Fsp3) is 0.417. The summed E-state index contributed by atoms with van der Waals surface area (Å²) in [7, 11) is 0. The van der Waals surface area contributed by atoms with E-state index >= 15 is 0 Å². The first-order valence-corrected chi connectivity index (χ1v) is 6.49. The van der Waals surface area contributed by atoms with Crippen LogP contribution in [0.4, 0.5) is 0 Å². The van der Waals surface area contributed by atoms with Crippen molar-refractivity contribution in [3.8, 4) is 0 Å². The number of rotatable bonds is 2. The fourth-order valence-electron chi connectivity index (χ4n) is 2.23. The molecule has 0 saturated heterocycles. The molecule has 84 valence electrons. The average Bonchev–Trinajstić information content (AvgIpc) is 2.87. The Kier molecular flexibility index (Phi) is 2.53. The van der Waals surface area contributed by atoms with Gasteiger partial charge in [0, 0.05) is 43.3 Å². The summed E-state index contributed by atoms with van der Waals surface area (Å²) in [6.45, 7) is 5.22. The molecule has 0 spiro atoms. The van der Waals surface area contributed by atoms with Gasteiger partial charge in [0.05, 0.1) is 10.7 Å². The molecule has 0 saturated carbocycles. The predicted octanol–water partition coefficient (Wildman–Crippen LogP) is 1.95. The summed E-state index contributed by atoms with van der Waals surface area (Å²) >= 11 is 1.73. The lowest BCUT2D eigenvalue weighted by molar-refractivity contribution is 0.513. The highest BCUT2D eigenvalue weighted by molar-refractivity contribution is 7.09. The van der Waals surface area contributed by atoms with Crippen LogP contribution in [0.1, 0.15) is 22.0 Å². The second kappa shape index (κ2) is 4.03. The van der Waals surface area contributed by atoms with E-state index in [0.29, 0.717) is 0 Å². The zero-order valence-electron chi connectivity index (χ0n) is 9.36. The van der Waals surface area contributed by atoms with E-state index in [2.05, 4.69) is 39.4 Å². The zero-order valence-corrected chi connectivity index (χ0v) is 10.2. The lowest BCUT2D eigenvalue weighted by Crippen LogP contribution is -2.28. The van der Waals surface area contributed by atoms with E-state index in [1.807, 2.05) is 0 Å². The summed E-state index contributed by atoms with van der Waals surface area (Å²) in [5, 5.41) is 6.74. The molecule has 0 bridgehead atoms. The van der Waals surface area contributed by atoms with Gasteiger partial charge >= 0.3 is 0 Å². The van der Waals surface area contributed by atoms with Crippen molar-refractivity contribution >= 4 is 11.3 Å². The van der Waals surface area contributed by atoms with Crippen molar-refractivity contribution in [3.05, 3.63) is 39.6 Å². The van der Waals surface area contributed by atoms with Crippen LogP contribution in [-0.4, -0.2) is 16.1 Å². The molecule has 1 aliphatic rings. The van der Waals surface area contributed by atoms with Gasteiger partial charge < -0.3 is 9.88 Å². The van der Waals surface area contributed by atoms with E-state index in [9.17, 15) is 0 Å². The Morgan fingerprint density at radius 3 is 3.31 bits per heavy atom. The molecule has 0 amide bonds. The maximum Gasteiger partial charge on any atom is 0.0897 e. The Balaban J connectivity index is 1.87. The van der Waals surface area contributed by atoms with Gasteiger partial charge in [0.25, 0.3) is 0 Å². The second-order valence-electron chi connectivity index (χ2n) is 4.19. The Labute approximate surface area is 99.1 Å². The molecule has 3 nitrogen and oxygen atoms in total. The van der Waals surface area contributed by atoms with Crippen LogP contribution in [-0.2, 0) is 19.5 Å². The normalized spacial score (nSPS) is 15.1. The second-order valence-corrected chi connectivity index (χ2v) is 5.25. The van der Waals surface area contributed by atoms with Gasteiger partial charge in [-0.1, -0.05) is 0 Å². The fourth-order valence-corrected chi connectivity index (χ4v) is 2.84. The minimum atomic E-state index is 0.967. The summed E-state index contributed by atoms with van der Waals surface area (Å²) in [5.41, 5.74) is 4.04. The Bertz CT molecular complexity index is 498. The van der Waals surface area contributed by atoms with Crippen LogP contribution in [0.5, 0.6) is 0 Å². The van der Waals surface area contributed by atoms with E-state index in [1.165, 1.54) is 17.0 Å². The molecular formula is C12H15N3S. The molecule has 0 aromatic carbocycles. The van der Waals surface area contributed by atoms with Crippen LogP contribution < -0.4 is 5.32 Å². The number of nitrogens with zero attached hydrogens (tertiary/aromatic N) is 2. The number of fused-ring (bicyclic) bond motifs is 1. The summed E-state index contributed by atoms with van der Waals surface area (Å²) in [4.78, 5) is 4.52. The van der Waals surface area contributed by atoms with Crippen molar-refractivity contribution in [1.82, 2.24) is 14.9 Å². The van der Waals surface area contributed by atoms with E-state index in [1.54, 1.807) is 11.3 Å². The van der Waals surface area contributed by atoms with Gasteiger partial charge in [-0.05, 0) is 18.6 Å². The standard InChI is InChI=1S/C12H15N3S/c1-9-14-11(8-16-9)6-10-2-4-15-5-3-13-7-12(10)15/h2,4,8,13H,3,5-7H2,1H3. The third kappa shape index (κ3) is 1.79. The predicted molar refractivity (Wildman–Crippen MR) is 65.8 cm³/mol. The molecular weight excluding hydrogens is 218 g/mol. The SMILES string of the molecule is Cc1nc(Cc2ccn3c2CNCC3)cs1. The molecule has 3 rings (SSSR count). The topological polar surface area (TPSA) is 29.9 Å². The first-order valence-electron chi connectivity index (χ1n) is 5.61. The molecule has 2 aromatic rings. The lowest BCUT2D eigenvalue weighted by Gasteiger charge is -2.17. The largest absolute Gasteiger partial charge is 0.349 e. The van der Waals surface area contributed by atoms with Crippen LogP contribution in [0.3, 0.4) is 0 Å². The van der Waals surface area contributed by atoms with Crippen molar-refractivity contribution in [1.29, 1.82) is 0 Å². The smallest absolute Gasteiger partial charge is 0.0897 e.